The molecule has 2 N–H and O–H groups in total. The normalized spacial score (nSPS) is 10.1. The molecule has 0 aliphatic carbocycles. The molecule has 2 rings (SSSR count). The first-order valence-electron chi connectivity index (χ1n) is 5.98. The number of hydrogen-bond donors (Lipinski definition) is 2. The summed E-state index contributed by atoms with van der Waals surface area (Å²) in [5.41, 5.74) is 0.642. The van der Waals surface area contributed by atoms with E-state index in [-0.39, 0.29) is 24.8 Å². The molecule has 1 aromatic carbocycles. The Morgan fingerprint density at radius 3 is 2.70 bits per heavy atom. The predicted octanol–water partition coefficient (Wildman–Crippen LogP) is 2.69. The number of hydrogen-bond acceptors (Lipinski definition) is 3. The van der Waals surface area contributed by atoms with Crippen LogP contribution in [0.1, 0.15) is 12.2 Å². The van der Waals surface area contributed by atoms with Gasteiger partial charge in [0, 0.05) is 10.2 Å². The molecule has 0 fully saturated rings. The van der Waals surface area contributed by atoms with E-state index in [1.165, 1.54) is 6.26 Å². The molecule has 0 atom stereocenters. The van der Waals surface area contributed by atoms with E-state index in [2.05, 4.69) is 26.6 Å². The Morgan fingerprint density at radius 1 is 1.15 bits per heavy atom. The molecule has 0 spiro atoms. The number of amides is 2. The third-order valence-corrected chi connectivity index (χ3v) is 2.96. The lowest BCUT2D eigenvalue weighted by Gasteiger charge is -2.06. The van der Waals surface area contributed by atoms with Crippen molar-refractivity contribution in [3.05, 3.63) is 52.9 Å². The van der Waals surface area contributed by atoms with Crippen LogP contribution in [0.2, 0.25) is 0 Å². The Morgan fingerprint density at radius 2 is 2.00 bits per heavy atom. The molecule has 2 amide bonds. The molecule has 0 unspecified atom stereocenters. The van der Waals surface area contributed by atoms with Crippen LogP contribution in [-0.4, -0.2) is 11.8 Å². The van der Waals surface area contributed by atoms with E-state index in [9.17, 15) is 9.59 Å². The molecule has 20 heavy (non-hydrogen) atoms. The fourth-order valence-corrected chi connectivity index (χ4v) is 1.98. The lowest BCUT2D eigenvalue weighted by atomic mass is 10.3. The van der Waals surface area contributed by atoms with Crippen LogP contribution in [0.15, 0.2) is 51.6 Å². The molecule has 1 aromatic heterocycles. The highest BCUT2D eigenvalue weighted by molar-refractivity contribution is 9.10. The summed E-state index contributed by atoms with van der Waals surface area (Å²) in [5, 5.41) is 5.26. The number of furan rings is 1. The lowest BCUT2D eigenvalue weighted by molar-refractivity contribution is -0.127. The van der Waals surface area contributed by atoms with Crippen molar-refractivity contribution in [3.8, 4) is 0 Å². The summed E-state index contributed by atoms with van der Waals surface area (Å²) in [5.74, 6) is -0.0697. The number of nitrogens with one attached hydrogen (secondary N) is 2. The minimum absolute atomic E-state index is 0.229. The van der Waals surface area contributed by atoms with Crippen molar-refractivity contribution >= 4 is 33.4 Å². The van der Waals surface area contributed by atoms with Crippen LogP contribution >= 0.6 is 15.9 Å². The van der Waals surface area contributed by atoms with Crippen LogP contribution in [0.25, 0.3) is 0 Å². The molecule has 2 aromatic rings. The van der Waals surface area contributed by atoms with Gasteiger partial charge >= 0.3 is 0 Å². The van der Waals surface area contributed by atoms with Crippen molar-refractivity contribution in [2.45, 2.75) is 13.0 Å². The van der Waals surface area contributed by atoms with Crippen molar-refractivity contribution in [2.24, 2.45) is 0 Å². The highest BCUT2D eigenvalue weighted by atomic mass is 79.9. The first kappa shape index (κ1) is 14.3. The van der Waals surface area contributed by atoms with E-state index in [1.807, 2.05) is 6.07 Å². The van der Waals surface area contributed by atoms with E-state index < -0.39 is 0 Å². The van der Waals surface area contributed by atoms with Crippen LogP contribution in [0.4, 0.5) is 5.69 Å². The molecular formula is C14H13BrN2O3. The van der Waals surface area contributed by atoms with E-state index >= 15 is 0 Å². The van der Waals surface area contributed by atoms with Gasteiger partial charge in [0.1, 0.15) is 12.2 Å². The Labute approximate surface area is 124 Å². The summed E-state index contributed by atoms with van der Waals surface area (Å²) in [6.45, 7) is 0.274. The average Bonchev–Trinajstić information content (AvgIpc) is 2.89. The molecule has 6 heteroatoms. The highest BCUT2D eigenvalue weighted by Gasteiger charge is 2.10. The molecule has 5 nitrogen and oxygen atoms in total. The van der Waals surface area contributed by atoms with Gasteiger partial charge in [-0.1, -0.05) is 22.0 Å². The van der Waals surface area contributed by atoms with Gasteiger partial charge in [-0.25, -0.2) is 0 Å². The van der Waals surface area contributed by atoms with Crippen LogP contribution < -0.4 is 10.6 Å². The van der Waals surface area contributed by atoms with Gasteiger partial charge in [-0.2, -0.15) is 0 Å². The highest BCUT2D eigenvalue weighted by Crippen LogP contribution is 2.15. The topological polar surface area (TPSA) is 71.3 Å². The molecule has 0 saturated heterocycles. The third-order valence-electron chi connectivity index (χ3n) is 2.47. The van der Waals surface area contributed by atoms with Gasteiger partial charge in [-0.15, -0.1) is 0 Å². The number of carbonyl (C=O) groups is 2. The molecule has 0 aliphatic heterocycles. The molecule has 104 valence electrons. The third kappa shape index (κ3) is 4.55. The standard InChI is InChI=1S/C14H13BrN2O3/c15-10-3-1-4-11(7-10)17-14(19)8-13(18)16-9-12-5-2-6-20-12/h1-7H,8-9H2,(H,16,18)(H,17,19). The average molecular weight is 337 g/mol. The number of halogens is 1. The zero-order valence-corrected chi connectivity index (χ0v) is 12.1. The Hall–Kier alpha value is -2.08. The van der Waals surface area contributed by atoms with Crippen molar-refractivity contribution in [1.29, 1.82) is 0 Å². The van der Waals surface area contributed by atoms with E-state index in [0.29, 0.717) is 11.4 Å². The first-order valence-corrected chi connectivity index (χ1v) is 6.77. The quantitative estimate of drug-likeness (QED) is 0.824. The SMILES string of the molecule is O=C(CC(=O)Nc1cccc(Br)c1)NCc1ccco1. The minimum Gasteiger partial charge on any atom is -0.467 e. The molecule has 0 aliphatic rings. The van der Waals surface area contributed by atoms with Crippen molar-refractivity contribution in [1.82, 2.24) is 5.32 Å². The number of benzene rings is 1. The maximum Gasteiger partial charge on any atom is 0.233 e. The van der Waals surface area contributed by atoms with E-state index in [4.69, 9.17) is 4.42 Å². The zero-order valence-electron chi connectivity index (χ0n) is 10.6. The van der Waals surface area contributed by atoms with Gasteiger partial charge in [-0.3, -0.25) is 9.59 Å². The zero-order chi connectivity index (χ0) is 14.4. The monoisotopic (exact) mass is 336 g/mol. The van der Waals surface area contributed by atoms with Gasteiger partial charge in [-0.05, 0) is 30.3 Å². The Balaban J connectivity index is 1.77. The lowest BCUT2D eigenvalue weighted by Crippen LogP contribution is -2.27. The molecule has 0 radical (unpaired) electrons. The Bertz CT molecular complexity index is 596. The van der Waals surface area contributed by atoms with Gasteiger partial charge in [0.15, 0.2) is 0 Å². The van der Waals surface area contributed by atoms with Crippen LogP contribution in [0, 0.1) is 0 Å². The number of carbonyl (C=O) groups excluding carboxylic acids is 2. The summed E-state index contributed by atoms with van der Waals surface area (Å²) in [4.78, 5) is 23.3. The predicted molar refractivity (Wildman–Crippen MR) is 77.9 cm³/mol. The second-order valence-electron chi connectivity index (χ2n) is 4.09. The molecular weight excluding hydrogens is 324 g/mol. The summed E-state index contributed by atoms with van der Waals surface area (Å²) in [6.07, 6.45) is 1.30. The fourth-order valence-electron chi connectivity index (χ4n) is 1.58. The second-order valence-corrected chi connectivity index (χ2v) is 5.01. The summed E-state index contributed by atoms with van der Waals surface area (Å²) >= 11 is 3.31. The Kier molecular flexibility index (Phi) is 4.95. The van der Waals surface area contributed by atoms with Crippen LogP contribution in [-0.2, 0) is 16.1 Å². The maximum atomic E-state index is 11.7. The van der Waals surface area contributed by atoms with E-state index in [0.717, 1.165) is 4.47 Å². The number of rotatable bonds is 5. The van der Waals surface area contributed by atoms with Gasteiger partial charge < -0.3 is 15.1 Å². The molecule has 0 saturated carbocycles. The van der Waals surface area contributed by atoms with Crippen molar-refractivity contribution in [3.63, 3.8) is 0 Å². The maximum absolute atomic E-state index is 11.7. The van der Waals surface area contributed by atoms with Crippen LogP contribution in [0.5, 0.6) is 0 Å². The smallest absolute Gasteiger partial charge is 0.233 e. The minimum atomic E-state index is -0.361. The first-order chi connectivity index (χ1) is 9.63. The fraction of sp³-hybridized carbons (Fsp3) is 0.143. The largest absolute Gasteiger partial charge is 0.467 e. The van der Waals surface area contributed by atoms with Gasteiger partial charge in [0.05, 0.1) is 12.8 Å². The van der Waals surface area contributed by atoms with Crippen LogP contribution in [0.3, 0.4) is 0 Å². The summed E-state index contributed by atoms with van der Waals surface area (Å²) < 4.78 is 5.94. The summed E-state index contributed by atoms with van der Waals surface area (Å²) in [7, 11) is 0. The molecule has 0 bridgehead atoms. The van der Waals surface area contributed by atoms with Gasteiger partial charge in [0.25, 0.3) is 0 Å². The van der Waals surface area contributed by atoms with E-state index in [1.54, 1.807) is 30.3 Å². The number of anilines is 1. The van der Waals surface area contributed by atoms with Crippen molar-refractivity contribution < 1.29 is 14.0 Å². The van der Waals surface area contributed by atoms with Gasteiger partial charge in [0.2, 0.25) is 11.8 Å². The van der Waals surface area contributed by atoms with Crippen molar-refractivity contribution in [2.75, 3.05) is 5.32 Å². The summed E-state index contributed by atoms with van der Waals surface area (Å²) in [6, 6.07) is 10.7. The molecule has 1 heterocycles. The second kappa shape index (κ2) is 6.91.